The molecule has 0 bridgehead atoms. The average molecular weight is 327 g/mol. The second-order valence-electron chi connectivity index (χ2n) is 3.91. The lowest BCUT2D eigenvalue weighted by atomic mass is 10.2. The van der Waals surface area contributed by atoms with E-state index in [9.17, 15) is 28.7 Å². The van der Waals surface area contributed by atoms with Crippen LogP contribution in [0.4, 0.5) is 0 Å². The SMILES string of the molecule is O=P(O)(O)C(c1ccccc1)(N(CO)CO)P(=O)(O)O. The van der Waals surface area contributed by atoms with E-state index in [2.05, 4.69) is 0 Å². The summed E-state index contributed by atoms with van der Waals surface area (Å²) in [6.45, 7) is -2.33. The fraction of sp³-hybridized carbons (Fsp3) is 0.333. The minimum Gasteiger partial charge on any atom is -0.381 e. The van der Waals surface area contributed by atoms with Gasteiger partial charge in [0.2, 0.25) is 0 Å². The molecule has 0 amide bonds. The van der Waals surface area contributed by atoms with Gasteiger partial charge in [-0.15, -0.1) is 0 Å². The summed E-state index contributed by atoms with van der Waals surface area (Å²) in [6.07, 6.45) is 0. The Labute approximate surface area is 114 Å². The van der Waals surface area contributed by atoms with Gasteiger partial charge in [-0.2, -0.15) is 0 Å². The molecule has 0 heterocycles. The first-order valence-electron chi connectivity index (χ1n) is 5.26. The lowest BCUT2D eigenvalue weighted by Crippen LogP contribution is -2.46. The van der Waals surface area contributed by atoms with Gasteiger partial charge < -0.3 is 29.8 Å². The molecule has 11 heteroatoms. The van der Waals surface area contributed by atoms with Gasteiger partial charge in [-0.1, -0.05) is 30.3 Å². The molecule has 0 aliphatic rings. The van der Waals surface area contributed by atoms with Gasteiger partial charge in [0, 0.05) is 0 Å². The Morgan fingerprint density at radius 2 is 1.30 bits per heavy atom. The van der Waals surface area contributed by atoms with Gasteiger partial charge in [0.05, 0.1) is 13.5 Å². The van der Waals surface area contributed by atoms with Crippen molar-refractivity contribution in [2.45, 2.75) is 5.02 Å². The van der Waals surface area contributed by atoms with E-state index in [0.717, 1.165) is 12.1 Å². The van der Waals surface area contributed by atoms with Crippen LogP contribution in [-0.4, -0.2) is 48.1 Å². The molecule has 6 N–H and O–H groups in total. The summed E-state index contributed by atoms with van der Waals surface area (Å²) < 4.78 is 23.6. The highest BCUT2D eigenvalue weighted by molar-refractivity contribution is 7.71. The van der Waals surface area contributed by atoms with E-state index in [4.69, 9.17) is 10.2 Å². The third kappa shape index (κ3) is 2.73. The summed E-state index contributed by atoms with van der Waals surface area (Å²) in [5.74, 6) is 0. The third-order valence-corrected chi connectivity index (χ3v) is 7.03. The van der Waals surface area contributed by atoms with E-state index >= 15 is 0 Å². The molecular formula is C9H15NO8P2. The maximum absolute atomic E-state index is 11.8. The third-order valence-electron chi connectivity index (χ3n) is 2.76. The highest BCUT2D eigenvalue weighted by atomic mass is 31.2. The number of aliphatic hydroxyl groups excluding tert-OH is 2. The second-order valence-corrected chi connectivity index (χ2v) is 7.74. The van der Waals surface area contributed by atoms with Gasteiger partial charge in [0.1, 0.15) is 0 Å². The van der Waals surface area contributed by atoms with E-state index in [1.165, 1.54) is 18.2 Å². The molecule has 0 saturated heterocycles. The van der Waals surface area contributed by atoms with Crippen LogP contribution in [0.1, 0.15) is 5.56 Å². The van der Waals surface area contributed by atoms with Crippen molar-refractivity contribution in [3.05, 3.63) is 35.9 Å². The Bertz CT molecular complexity index is 512. The normalized spacial score (nSPS) is 13.8. The predicted molar refractivity (Wildman–Crippen MR) is 68.2 cm³/mol. The van der Waals surface area contributed by atoms with Gasteiger partial charge in [-0.3, -0.25) is 9.13 Å². The molecule has 0 fully saturated rings. The minimum atomic E-state index is -5.50. The first-order chi connectivity index (χ1) is 9.12. The fourth-order valence-corrected chi connectivity index (χ4v) is 5.28. The number of nitrogens with zero attached hydrogens (tertiary/aromatic N) is 1. The molecule has 1 aromatic carbocycles. The van der Waals surface area contributed by atoms with Crippen molar-refractivity contribution in [2.24, 2.45) is 0 Å². The molecule has 20 heavy (non-hydrogen) atoms. The number of hydrogen-bond donors (Lipinski definition) is 6. The molecule has 0 aliphatic heterocycles. The molecule has 0 radical (unpaired) electrons. The van der Waals surface area contributed by atoms with E-state index in [-0.39, 0.29) is 4.90 Å². The molecule has 0 atom stereocenters. The quantitative estimate of drug-likeness (QED) is 0.295. The summed E-state index contributed by atoms with van der Waals surface area (Å²) in [7, 11) is -11.0. The van der Waals surface area contributed by atoms with Crippen LogP contribution >= 0.6 is 15.2 Å². The maximum atomic E-state index is 11.8. The van der Waals surface area contributed by atoms with Crippen LogP contribution in [0.5, 0.6) is 0 Å². The Hall–Kier alpha value is -0.600. The first-order valence-corrected chi connectivity index (χ1v) is 8.49. The summed E-state index contributed by atoms with van der Waals surface area (Å²) in [6, 6.07) is 6.31. The van der Waals surface area contributed by atoms with Crippen molar-refractivity contribution < 1.29 is 38.9 Å². The van der Waals surface area contributed by atoms with Crippen molar-refractivity contribution in [1.82, 2.24) is 4.90 Å². The van der Waals surface area contributed by atoms with Crippen LogP contribution in [-0.2, 0) is 14.2 Å². The fourth-order valence-electron chi connectivity index (χ4n) is 1.96. The van der Waals surface area contributed by atoms with Gasteiger partial charge in [-0.25, -0.2) is 4.90 Å². The number of rotatable bonds is 6. The van der Waals surface area contributed by atoms with E-state index in [0.29, 0.717) is 0 Å². The Balaban J connectivity index is 3.79. The zero-order chi connectivity index (χ0) is 15.6. The van der Waals surface area contributed by atoms with Crippen LogP contribution in [0, 0.1) is 0 Å². The van der Waals surface area contributed by atoms with Crippen molar-refractivity contribution in [3.8, 4) is 0 Å². The average Bonchev–Trinajstić information content (AvgIpc) is 2.33. The lowest BCUT2D eigenvalue weighted by Gasteiger charge is -2.41. The highest BCUT2D eigenvalue weighted by Gasteiger charge is 2.65. The standard InChI is InChI=1S/C9H15NO8P2/c11-6-10(7-12)9(19(13,14)15,20(16,17)18)8-4-2-1-3-5-8/h1-5,11-12H,6-7H2,(H2,13,14,15)(H2,16,17,18). The minimum absolute atomic E-state index is 0.226. The van der Waals surface area contributed by atoms with Gasteiger partial charge in [-0.05, 0) is 5.56 Å². The van der Waals surface area contributed by atoms with Gasteiger partial charge in [0.15, 0.2) is 0 Å². The van der Waals surface area contributed by atoms with Crippen molar-refractivity contribution >= 4 is 15.2 Å². The van der Waals surface area contributed by atoms with Gasteiger partial charge >= 0.3 is 15.2 Å². The smallest absolute Gasteiger partial charge is 0.362 e. The topological polar surface area (TPSA) is 159 Å². The van der Waals surface area contributed by atoms with Crippen LogP contribution in [0.25, 0.3) is 0 Å². The number of benzene rings is 1. The zero-order valence-corrected chi connectivity index (χ0v) is 11.9. The highest BCUT2D eigenvalue weighted by Crippen LogP contribution is 2.75. The molecule has 0 unspecified atom stereocenters. The van der Waals surface area contributed by atoms with E-state index in [1.54, 1.807) is 0 Å². The summed E-state index contributed by atoms with van der Waals surface area (Å²) >= 11 is 0. The molecule has 0 aliphatic carbocycles. The number of aliphatic hydroxyl groups is 2. The lowest BCUT2D eigenvalue weighted by molar-refractivity contribution is -0.0106. The summed E-state index contributed by atoms with van der Waals surface area (Å²) in [4.78, 5) is 38.2. The molecule has 1 aromatic rings. The Morgan fingerprint density at radius 3 is 1.60 bits per heavy atom. The zero-order valence-electron chi connectivity index (χ0n) is 10.1. The van der Waals surface area contributed by atoms with Crippen LogP contribution in [0.15, 0.2) is 30.3 Å². The van der Waals surface area contributed by atoms with Gasteiger partial charge in [0.25, 0.3) is 5.02 Å². The van der Waals surface area contributed by atoms with Crippen molar-refractivity contribution in [2.75, 3.05) is 13.5 Å². The molecular weight excluding hydrogens is 312 g/mol. The molecule has 0 saturated carbocycles. The van der Waals surface area contributed by atoms with Crippen LogP contribution < -0.4 is 0 Å². The molecule has 114 valence electrons. The molecule has 1 rings (SSSR count). The monoisotopic (exact) mass is 327 g/mol. The Kier molecular flexibility index (Phi) is 5.26. The number of hydrogen-bond acceptors (Lipinski definition) is 5. The summed E-state index contributed by atoms with van der Waals surface area (Å²) in [5, 5.41) is 15.1. The second kappa shape index (κ2) is 6.03. The van der Waals surface area contributed by atoms with Crippen LogP contribution in [0.2, 0.25) is 0 Å². The molecule has 0 aromatic heterocycles. The summed E-state index contributed by atoms with van der Waals surface area (Å²) in [5.41, 5.74) is -0.412. The van der Waals surface area contributed by atoms with Crippen LogP contribution in [0.3, 0.4) is 0 Å². The predicted octanol–water partition coefficient (Wildman–Crippen LogP) is -0.646. The van der Waals surface area contributed by atoms with Crippen molar-refractivity contribution in [1.29, 1.82) is 0 Å². The maximum Gasteiger partial charge on any atom is 0.362 e. The first kappa shape index (κ1) is 17.5. The molecule has 9 nitrogen and oxygen atoms in total. The Morgan fingerprint density at radius 1 is 0.900 bits per heavy atom. The largest absolute Gasteiger partial charge is 0.381 e. The van der Waals surface area contributed by atoms with Crippen molar-refractivity contribution in [3.63, 3.8) is 0 Å². The molecule has 0 spiro atoms. The van der Waals surface area contributed by atoms with E-state index in [1.807, 2.05) is 0 Å². The van der Waals surface area contributed by atoms with E-state index < -0.39 is 39.2 Å².